The standard InChI is InChI=1S/C25H29N3O4/c1-27-9-4-7-19-17(11-16-5-3-6-18(12-16)31-2)13-20-23(24(19)27)26-15-28(25(20)30)21-8-10-32-14-22(21)29/h3,5-6,12-13,15,21-22,29H,4,7-11,14H2,1-2H3/t21-,22-/m0/s1. The van der Waals surface area contributed by atoms with Crippen molar-refractivity contribution in [1.29, 1.82) is 0 Å². The zero-order chi connectivity index (χ0) is 22.2. The molecule has 1 fully saturated rings. The number of aliphatic hydroxyl groups is 1. The lowest BCUT2D eigenvalue weighted by Gasteiger charge is -2.32. The third-order valence-electron chi connectivity index (χ3n) is 6.73. The first-order valence-corrected chi connectivity index (χ1v) is 11.2. The SMILES string of the molecule is COc1cccc(Cc2cc3c(=O)n([C@H]4CCOC[C@@H]4O)cnc3c3c2CCCN3C)c1. The molecule has 0 aliphatic carbocycles. The number of hydrogen-bond donors (Lipinski definition) is 1. The molecule has 0 spiro atoms. The Kier molecular flexibility index (Phi) is 5.61. The molecule has 1 N–H and O–H groups in total. The number of aromatic nitrogens is 2. The summed E-state index contributed by atoms with van der Waals surface area (Å²) in [4.78, 5) is 20.6. The molecule has 0 bridgehead atoms. The van der Waals surface area contributed by atoms with Gasteiger partial charge in [0.25, 0.3) is 5.56 Å². The van der Waals surface area contributed by atoms with Crippen LogP contribution in [0.5, 0.6) is 5.75 Å². The molecule has 3 heterocycles. The van der Waals surface area contributed by atoms with E-state index in [0.717, 1.165) is 53.9 Å². The van der Waals surface area contributed by atoms with Gasteiger partial charge in [-0.25, -0.2) is 4.98 Å². The van der Waals surface area contributed by atoms with Crippen molar-refractivity contribution in [2.24, 2.45) is 0 Å². The molecule has 0 saturated carbocycles. The highest BCUT2D eigenvalue weighted by atomic mass is 16.5. The lowest BCUT2D eigenvalue weighted by molar-refractivity contribution is -0.0395. The summed E-state index contributed by atoms with van der Waals surface area (Å²) in [6.45, 7) is 1.71. The molecule has 0 radical (unpaired) electrons. The molecule has 32 heavy (non-hydrogen) atoms. The van der Waals surface area contributed by atoms with Gasteiger partial charge in [0.05, 0.1) is 43.3 Å². The van der Waals surface area contributed by atoms with E-state index in [0.29, 0.717) is 18.4 Å². The van der Waals surface area contributed by atoms with Crippen molar-refractivity contribution in [3.05, 3.63) is 63.7 Å². The lowest BCUT2D eigenvalue weighted by Crippen LogP contribution is -2.39. The van der Waals surface area contributed by atoms with Gasteiger partial charge in [0.15, 0.2) is 0 Å². The van der Waals surface area contributed by atoms with Crippen molar-refractivity contribution in [2.45, 2.75) is 37.8 Å². The van der Waals surface area contributed by atoms with Crippen LogP contribution in [0.1, 0.15) is 35.6 Å². The molecule has 7 nitrogen and oxygen atoms in total. The fourth-order valence-electron chi connectivity index (χ4n) is 5.08. The number of rotatable bonds is 4. The van der Waals surface area contributed by atoms with Gasteiger partial charge in [-0.15, -0.1) is 0 Å². The smallest absolute Gasteiger partial charge is 0.261 e. The van der Waals surface area contributed by atoms with Crippen molar-refractivity contribution >= 4 is 16.6 Å². The second-order valence-corrected chi connectivity index (χ2v) is 8.77. The molecule has 5 rings (SSSR count). The summed E-state index contributed by atoms with van der Waals surface area (Å²) in [6.07, 6.45) is 4.25. The van der Waals surface area contributed by atoms with Crippen molar-refractivity contribution < 1.29 is 14.6 Å². The van der Waals surface area contributed by atoms with E-state index in [1.807, 2.05) is 24.3 Å². The zero-order valence-corrected chi connectivity index (χ0v) is 18.6. The Hall–Kier alpha value is -2.90. The number of anilines is 1. The van der Waals surface area contributed by atoms with E-state index in [-0.39, 0.29) is 18.2 Å². The molecule has 1 aromatic heterocycles. The first kappa shape index (κ1) is 21.0. The van der Waals surface area contributed by atoms with Crippen LogP contribution in [0.25, 0.3) is 10.9 Å². The second-order valence-electron chi connectivity index (χ2n) is 8.77. The van der Waals surface area contributed by atoms with Gasteiger partial charge < -0.3 is 19.5 Å². The number of aliphatic hydroxyl groups excluding tert-OH is 1. The first-order valence-electron chi connectivity index (χ1n) is 11.2. The zero-order valence-electron chi connectivity index (χ0n) is 18.6. The molecule has 168 valence electrons. The molecule has 2 aliphatic rings. The highest BCUT2D eigenvalue weighted by molar-refractivity contribution is 5.93. The Morgan fingerprint density at radius 2 is 2.19 bits per heavy atom. The molecule has 2 atom stereocenters. The third-order valence-corrected chi connectivity index (χ3v) is 6.73. The van der Waals surface area contributed by atoms with E-state index in [9.17, 15) is 9.90 Å². The minimum absolute atomic E-state index is 0.102. The van der Waals surface area contributed by atoms with Gasteiger partial charge in [0.2, 0.25) is 0 Å². The lowest BCUT2D eigenvalue weighted by atomic mass is 9.90. The number of nitrogens with zero attached hydrogens (tertiary/aromatic N) is 3. The predicted octanol–water partition coefficient (Wildman–Crippen LogP) is 2.70. The topological polar surface area (TPSA) is 76.8 Å². The predicted molar refractivity (Wildman–Crippen MR) is 124 cm³/mol. The highest BCUT2D eigenvalue weighted by Crippen LogP contribution is 2.36. The van der Waals surface area contributed by atoms with Crippen LogP contribution in [0.2, 0.25) is 0 Å². The van der Waals surface area contributed by atoms with Crippen LogP contribution in [-0.2, 0) is 17.6 Å². The van der Waals surface area contributed by atoms with E-state index < -0.39 is 6.10 Å². The van der Waals surface area contributed by atoms with E-state index in [1.165, 1.54) is 5.56 Å². The number of methoxy groups -OCH3 is 1. The van der Waals surface area contributed by atoms with Crippen LogP contribution < -0.4 is 15.2 Å². The van der Waals surface area contributed by atoms with Crippen molar-refractivity contribution in [3.63, 3.8) is 0 Å². The van der Waals surface area contributed by atoms with Gasteiger partial charge in [-0.3, -0.25) is 9.36 Å². The van der Waals surface area contributed by atoms with E-state index >= 15 is 0 Å². The fraction of sp³-hybridized carbons (Fsp3) is 0.440. The fourth-order valence-corrected chi connectivity index (χ4v) is 5.08. The van der Waals surface area contributed by atoms with Crippen LogP contribution in [0.3, 0.4) is 0 Å². The van der Waals surface area contributed by atoms with Crippen LogP contribution in [0.4, 0.5) is 5.69 Å². The monoisotopic (exact) mass is 435 g/mol. The molecule has 0 amide bonds. The van der Waals surface area contributed by atoms with Crippen molar-refractivity contribution in [1.82, 2.24) is 9.55 Å². The quantitative estimate of drug-likeness (QED) is 0.679. The van der Waals surface area contributed by atoms with E-state index in [1.54, 1.807) is 18.0 Å². The number of benzene rings is 2. The van der Waals surface area contributed by atoms with Crippen LogP contribution in [0.15, 0.2) is 41.5 Å². The normalized spacial score (nSPS) is 20.9. The Labute approximate surface area is 187 Å². The minimum atomic E-state index is -0.711. The molecule has 2 aromatic carbocycles. The molecule has 0 unspecified atom stereocenters. The average molecular weight is 436 g/mol. The maximum Gasteiger partial charge on any atom is 0.261 e. The molecule has 7 heteroatoms. The van der Waals surface area contributed by atoms with Gasteiger partial charge in [0, 0.05) is 20.2 Å². The summed E-state index contributed by atoms with van der Waals surface area (Å²) in [5.74, 6) is 0.826. The molecular weight excluding hydrogens is 406 g/mol. The van der Waals surface area contributed by atoms with E-state index in [4.69, 9.17) is 14.5 Å². The van der Waals surface area contributed by atoms with Crippen LogP contribution in [0, 0.1) is 0 Å². The van der Waals surface area contributed by atoms with Crippen molar-refractivity contribution in [2.75, 3.05) is 38.8 Å². The Bertz CT molecular complexity index is 1210. The summed E-state index contributed by atoms with van der Waals surface area (Å²) >= 11 is 0. The van der Waals surface area contributed by atoms with Crippen molar-refractivity contribution in [3.8, 4) is 5.75 Å². The summed E-state index contributed by atoms with van der Waals surface area (Å²) in [5.41, 5.74) is 5.27. The highest BCUT2D eigenvalue weighted by Gasteiger charge is 2.28. The van der Waals surface area contributed by atoms with Gasteiger partial charge in [-0.1, -0.05) is 12.1 Å². The Balaban J connectivity index is 1.67. The molecular formula is C25H29N3O4. The Morgan fingerprint density at radius 1 is 1.31 bits per heavy atom. The largest absolute Gasteiger partial charge is 0.497 e. The second kappa shape index (κ2) is 8.56. The maximum atomic E-state index is 13.6. The van der Waals surface area contributed by atoms with Gasteiger partial charge >= 0.3 is 0 Å². The molecule has 2 aliphatic heterocycles. The van der Waals surface area contributed by atoms with Crippen LogP contribution >= 0.6 is 0 Å². The van der Waals surface area contributed by atoms with Gasteiger partial charge in [0.1, 0.15) is 11.3 Å². The summed E-state index contributed by atoms with van der Waals surface area (Å²) in [7, 11) is 3.74. The summed E-state index contributed by atoms with van der Waals surface area (Å²) in [6, 6.07) is 9.77. The summed E-state index contributed by atoms with van der Waals surface area (Å²) in [5, 5.41) is 11.0. The number of hydrogen-bond acceptors (Lipinski definition) is 6. The molecule has 3 aromatic rings. The minimum Gasteiger partial charge on any atom is -0.497 e. The van der Waals surface area contributed by atoms with E-state index in [2.05, 4.69) is 18.0 Å². The Morgan fingerprint density at radius 3 is 3.00 bits per heavy atom. The number of ether oxygens (including phenoxy) is 2. The van der Waals surface area contributed by atoms with Gasteiger partial charge in [-0.05, 0) is 60.6 Å². The van der Waals surface area contributed by atoms with Crippen LogP contribution in [-0.4, -0.2) is 54.7 Å². The maximum absolute atomic E-state index is 13.6. The number of fused-ring (bicyclic) bond motifs is 3. The molecule has 1 saturated heterocycles. The van der Waals surface area contributed by atoms with Gasteiger partial charge in [-0.2, -0.15) is 0 Å². The summed E-state index contributed by atoms with van der Waals surface area (Å²) < 4.78 is 12.3. The first-order chi connectivity index (χ1) is 15.6. The third kappa shape index (κ3) is 3.65. The average Bonchev–Trinajstić information content (AvgIpc) is 2.81.